The molecule has 0 spiro atoms. The number of nitrogens with two attached hydrogens (primary N) is 1. The van der Waals surface area contributed by atoms with Gasteiger partial charge in [-0.15, -0.1) is 0 Å². The molecule has 1 aromatic carbocycles. The van der Waals surface area contributed by atoms with E-state index in [0.29, 0.717) is 16.2 Å². The van der Waals surface area contributed by atoms with E-state index in [-0.39, 0.29) is 0 Å². The Morgan fingerprint density at radius 2 is 2.00 bits per heavy atom. The van der Waals surface area contributed by atoms with Crippen molar-refractivity contribution in [1.82, 2.24) is 19.7 Å². The summed E-state index contributed by atoms with van der Waals surface area (Å²) >= 11 is 5.01. The SMILES string of the molecule is Nc1[nH]c(=S)nc2c1cnn2-c1ccccc1. The van der Waals surface area contributed by atoms with Crippen LogP contribution in [0, 0.1) is 4.77 Å². The molecular weight excluding hydrogens is 234 g/mol. The lowest BCUT2D eigenvalue weighted by atomic mass is 10.3. The van der Waals surface area contributed by atoms with Crippen LogP contribution in [0.15, 0.2) is 36.5 Å². The second kappa shape index (κ2) is 3.67. The fourth-order valence-electron chi connectivity index (χ4n) is 1.70. The molecule has 0 unspecified atom stereocenters. The Bertz CT molecular complexity index is 728. The Labute approximate surface area is 102 Å². The van der Waals surface area contributed by atoms with Gasteiger partial charge in [-0.2, -0.15) is 10.1 Å². The molecule has 0 aliphatic heterocycles. The first-order chi connectivity index (χ1) is 8.25. The van der Waals surface area contributed by atoms with Crippen LogP contribution < -0.4 is 5.73 Å². The van der Waals surface area contributed by atoms with E-state index in [1.165, 1.54) is 0 Å². The van der Waals surface area contributed by atoms with E-state index in [9.17, 15) is 0 Å². The van der Waals surface area contributed by atoms with Crippen molar-refractivity contribution in [2.75, 3.05) is 5.73 Å². The molecule has 0 aliphatic carbocycles. The van der Waals surface area contributed by atoms with Crippen LogP contribution in [-0.2, 0) is 0 Å². The minimum absolute atomic E-state index is 0.354. The zero-order valence-electron chi connectivity index (χ0n) is 8.79. The summed E-state index contributed by atoms with van der Waals surface area (Å²) in [6.07, 6.45) is 1.68. The molecule has 84 valence electrons. The predicted molar refractivity (Wildman–Crippen MR) is 68.5 cm³/mol. The van der Waals surface area contributed by atoms with E-state index in [2.05, 4.69) is 15.1 Å². The Morgan fingerprint density at radius 3 is 2.76 bits per heavy atom. The van der Waals surface area contributed by atoms with Gasteiger partial charge in [0.25, 0.3) is 0 Å². The topological polar surface area (TPSA) is 72.5 Å². The van der Waals surface area contributed by atoms with Gasteiger partial charge in [0.1, 0.15) is 5.82 Å². The lowest BCUT2D eigenvalue weighted by Crippen LogP contribution is -1.99. The van der Waals surface area contributed by atoms with Gasteiger partial charge in [0, 0.05) is 0 Å². The molecule has 0 bridgehead atoms. The number of H-pyrrole nitrogens is 1. The van der Waals surface area contributed by atoms with Crippen LogP contribution >= 0.6 is 12.2 Å². The van der Waals surface area contributed by atoms with Crippen molar-refractivity contribution in [2.24, 2.45) is 0 Å². The third kappa shape index (κ3) is 1.58. The van der Waals surface area contributed by atoms with Gasteiger partial charge in [0.2, 0.25) is 0 Å². The average Bonchev–Trinajstić information content (AvgIpc) is 2.74. The monoisotopic (exact) mass is 243 g/mol. The summed E-state index contributed by atoms with van der Waals surface area (Å²) in [7, 11) is 0. The Balaban J connectivity index is 2.36. The number of anilines is 1. The Hall–Kier alpha value is -2.21. The van der Waals surface area contributed by atoms with Crippen LogP contribution in [0.5, 0.6) is 0 Å². The highest BCUT2D eigenvalue weighted by Gasteiger charge is 2.08. The van der Waals surface area contributed by atoms with E-state index in [4.69, 9.17) is 18.0 Å². The lowest BCUT2D eigenvalue weighted by Gasteiger charge is -2.02. The van der Waals surface area contributed by atoms with Gasteiger partial charge >= 0.3 is 0 Å². The second-order valence-corrected chi connectivity index (χ2v) is 3.97. The van der Waals surface area contributed by atoms with Gasteiger partial charge in [-0.1, -0.05) is 18.2 Å². The molecule has 3 N–H and O–H groups in total. The largest absolute Gasteiger partial charge is 0.385 e. The third-order valence-electron chi connectivity index (χ3n) is 2.48. The first-order valence-electron chi connectivity index (χ1n) is 5.04. The molecule has 0 saturated carbocycles. The second-order valence-electron chi connectivity index (χ2n) is 3.58. The van der Waals surface area contributed by atoms with Crippen molar-refractivity contribution in [3.05, 3.63) is 41.3 Å². The summed E-state index contributed by atoms with van der Waals surface area (Å²) in [6, 6.07) is 9.73. The molecule has 0 radical (unpaired) electrons. The van der Waals surface area contributed by atoms with Gasteiger partial charge in [0.05, 0.1) is 17.3 Å². The van der Waals surface area contributed by atoms with Crippen molar-refractivity contribution < 1.29 is 0 Å². The molecule has 17 heavy (non-hydrogen) atoms. The molecule has 0 atom stereocenters. The third-order valence-corrected chi connectivity index (χ3v) is 2.68. The summed E-state index contributed by atoms with van der Waals surface area (Å²) in [5.41, 5.74) is 7.42. The van der Waals surface area contributed by atoms with Gasteiger partial charge < -0.3 is 10.7 Å². The Kier molecular flexibility index (Phi) is 2.15. The minimum atomic E-state index is 0.354. The fourth-order valence-corrected chi connectivity index (χ4v) is 1.90. The molecule has 0 amide bonds. The quantitative estimate of drug-likeness (QED) is 0.642. The van der Waals surface area contributed by atoms with E-state index in [1.54, 1.807) is 10.9 Å². The number of aromatic amines is 1. The molecule has 6 heteroatoms. The molecule has 0 saturated heterocycles. The normalized spacial score (nSPS) is 10.8. The Morgan fingerprint density at radius 1 is 1.24 bits per heavy atom. The molecule has 3 aromatic rings. The summed E-state index contributed by atoms with van der Waals surface area (Å²) in [5.74, 6) is 0.488. The molecule has 5 nitrogen and oxygen atoms in total. The maximum Gasteiger partial charge on any atom is 0.200 e. The van der Waals surface area contributed by atoms with Crippen molar-refractivity contribution in [2.45, 2.75) is 0 Å². The number of hydrogen-bond acceptors (Lipinski definition) is 4. The standard InChI is InChI=1S/C11H9N5S/c12-9-8-6-13-16(7-4-2-1-3-5-7)10(8)15-11(17)14-9/h1-6H,(H3,12,14,15,17). The number of benzene rings is 1. The van der Waals surface area contributed by atoms with Crippen molar-refractivity contribution >= 4 is 29.1 Å². The zero-order chi connectivity index (χ0) is 11.8. The van der Waals surface area contributed by atoms with Gasteiger partial charge in [-0.25, -0.2) is 4.68 Å². The highest BCUT2D eigenvalue weighted by molar-refractivity contribution is 7.71. The maximum atomic E-state index is 5.83. The van der Waals surface area contributed by atoms with Crippen LogP contribution in [0.3, 0.4) is 0 Å². The van der Waals surface area contributed by atoms with Crippen molar-refractivity contribution in [3.63, 3.8) is 0 Å². The van der Waals surface area contributed by atoms with Crippen LogP contribution in [0.1, 0.15) is 0 Å². The predicted octanol–water partition coefficient (Wildman–Crippen LogP) is 2.06. The molecule has 2 aromatic heterocycles. The summed E-state index contributed by atoms with van der Waals surface area (Å²) < 4.78 is 2.07. The van der Waals surface area contributed by atoms with Gasteiger partial charge in [-0.3, -0.25) is 0 Å². The summed E-state index contributed by atoms with van der Waals surface area (Å²) in [5, 5.41) is 5.04. The first kappa shape index (κ1) is 9.98. The fraction of sp³-hybridized carbons (Fsp3) is 0. The highest BCUT2D eigenvalue weighted by atomic mass is 32.1. The minimum Gasteiger partial charge on any atom is -0.385 e. The number of aromatic nitrogens is 4. The van der Waals surface area contributed by atoms with Crippen LogP contribution in [-0.4, -0.2) is 19.7 Å². The number of nitrogens with zero attached hydrogens (tertiary/aromatic N) is 3. The maximum absolute atomic E-state index is 5.83. The van der Waals surface area contributed by atoms with Gasteiger partial charge in [0.15, 0.2) is 10.4 Å². The lowest BCUT2D eigenvalue weighted by molar-refractivity contribution is 0.894. The molecule has 3 rings (SSSR count). The smallest absolute Gasteiger partial charge is 0.200 e. The van der Waals surface area contributed by atoms with Crippen molar-refractivity contribution in [1.29, 1.82) is 0 Å². The number of hydrogen-bond donors (Lipinski definition) is 2. The number of fused-ring (bicyclic) bond motifs is 1. The van der Waals surface area contributed by atoms with E-state index in [1.807, 2.05) is 30.3 Å². The van der Waals surface area contributed by atoms with Gasteiger partial charge in [-0.05, 0) is 24.4 Å². The number of nitrogens with one attached hydrogen (secondary N) is 1. The average molecular weight is 243 g/mol. The summed E-state index contributed by atoms with van der Waals surface area (Å²) in [6.45, 7) is 0. The first-order valence-corrected chi connectivity index (χ1v) is 5.45. The number of para-hydroxylation sites is 1. The van der Waals surface area contributed by atoms with Crippen LogP contribution in [0.25, 0.3) is 16.7 Å². The highest BCUT2D eigenvalue weighted by Crippen LogP contribution is 2.19. The van der Waals surface area contributed by atoms with Crippen molar-refractivity contribution in [3.8, 4) is 5.69 Å². The van der Waals surface area contributed by atoms with Crippen LogP contribution in [0.4, 0.5) is 5.82 Å². The molecule has 0 aliphatic rings. The molecule has 2 heterocycles. The number of rotatable bonds is 1. The zero-order valence-corrected chi connectivity index (χ0v) is 9.61. The van der Waals surface area contributed by atoms with E-state index < -0.39 is 0 Å². The molecule has 0 fully saturated rings. The molecular formula is C11H9N5S. The van der Waals surface area contributed by atoms with E-state index >= 15 is 0 Å². The number of nitrogen functional groups attached to an aromatic ring is 1. The van der Waals surface area contributed by atoms with E-state index in [0.717, 1.165) is 11.1 Å². The summed E-state index contributed by atoms with van der Waals surface area (Å²) in [4.78, 5) is 7.06. The van der Waals surface area contributed by atoms with Crippen LogP contribution in [0.2, 0.25) is 0 Å².